The van der Waals surface area contributed by atoms with Crippen molar-refractivity contribution in [3.05, 3.63) is 111 Å². The zero-order valence-electron chi connectivity index (χ0n) is 28.7. The molecule has 0 unspecified atom stereocenters. The van der Waals surface area contributed by atoms with Crippen LogP contribution in [0.15, 0.2) is 79.0 Å². The Morgan fingerprint density at radius 1 is 0.891 bits per heavy atom. The number of carbonyl (C=O) groups is 2. The maximum Gasteiger partial charge on any atom is 0.417 e. The van der Waals surface area contributed by atoms with Gasteiger partial charge in [-0.15, -0.1) is 0 Å². The van der Waals surface area contributed by atoms with Crippen molar-refractivity contribution >= 4 is 39.2 Å². The third-order valence-electron chi connectivity index (χ3n) is 6.67. The van der Waals surface area contributed by atoms with Gasteiger partial charge in [-0.2, -0.15) is 26.3 Å². The molecule has 4 rings (SSSR count). The van der Waals surface area contributed by atoms with E-state index in [1.807, 2.05) is 6.92 Å². The average molecular weight is 822 g/mol. The van der Waals surface area contributed by atoms with E-state index < -0.39 is 72.7 Å². The fraction of sp³-hybridized carbons (Fsp3) is 0.265. The molecular formula is C34H30ClF6N3O10S. The smallest absolute Gasteiger partial charge is 0.417 e. The number of nitrogens with one attached hydrogen (secondary N) is 1. The Kier molecular flexibility index (Phi) is 14.8. The number of benzene rings is 3. The summed E-state index contributed by atoms with van der Waals surface area (Å²) < 4.78 is 121. The molecule has 55 heavy (non-hydrogen) atoms. The lowest BCUT2D eigenvalue weighted by atomic mass is 10.1. The van der Waals surface area contributed by atoms with E-state index in [2.05, 4.69) is 4.98 Å². The molecule has 13 nitrogen and oxygen atoms in total. The van der Waals surface area contributed by atoms with Crippen LogP contribution in [-0.2, 0) is 31.9 Å². The highest BCUT2D eigenvalue weighted by atomic mass is 35.5. The van der Waals surface area contributed by atoms with E-state index in [1.54, 1.807) is 35.9 Å². The minimum Gasteiger partial charge on any atom is -0.479 e. The van der Waals surface area contributed by atoms with Crippen LogP contribution >= 0.6 is 11.6 Å². The van der Waals surface area contributed by atoms with Gasteiger partial charge in [-0.05, 0) is 67.9 Å². The highest BCUT2D eigenvalue weighted by Gasteiger charge is 2.32. The van der Waals surface area contributed by atoms with Gasteiger partial charge in [0.25, 0.3) is 11.6 Å². The number of nitro groups is 1. The predicted molar refractivity (Wildman–Crippen MR) is 184 cm³/mol. The Bertz CT molecular complexity index is 2080. The van der Waals surface area contributed by atoms with Crippen LogP contribution in [0.5, 0.6) is 28.9 Å². The summed E-state index contributed by atoms with van der Waals surface area (Å²) in [6.07, 6.45) is -6.71. The molecule has 0 aliphatic heterocycles. The van der Waals surface area contributed by atoms with Crippen LogP contribution in [0.3, 0.4) is 0 Å². The largest absolute Gasteiger partial charge is 0.479 e. The number of alkyl halides is 6. The molecule has 21 heteroatoms. The number of esters is 1. The summed E-state index contributed by atoms with van der Waals surface area (Å²) in [5, 5.41) is 10.7. The SMILES string of the molecule is CCCCOC(=O)[C@@H](C)Oc1ccc(Oc2ccc(C(F)(F)F)cn2)cc1.CS(=O)(=O)NC(=O)c1cc(Oc2ccc(C(F)(F)F)cc2Cl)ccc1[N+](=O)[O-]. The molecule has 0 saturated heterocycles. The first-order chi connectivity index (χ1) is 25.6. The monoisotopic (exact) mass is 821 g/mol. The third-order valence-corrected chi connectivity index (χ3v) is 7.52. The zero-order valence-corrected chi connectivity index (χ0v) is 30.3. The molecule has 296 valence electrons. The lowest BCUT2D eigenvalue weighted by Gasteiger charge is -2.14. The van der Waals surface area contributed by atoms with Gasteiger partial charge in [-0.3, -0.25) is 14.9 Å². The van der Waals surface area contributed by atoms with E-state index in [1.165, 1.54) is 0 Å². The van der Waals surface area contributed by atoms with Gasteiger partial charge in [0.1, 0.15) is 28.6 Å². The van der Waals surface area contributed by atoms with Gasteiger partial charge in [0.05, 0.1) is 33.9 Å². The van der Waals surface area contributed by atoms with Gasteiger partial charge >= 0.3 is 18.3 Å². The van der Waals surface area contributed by atoms with Crippen LogP contribution in [0.2, 0.25) is 5.02 Å². The molecule has 0 fully saturated rings. The molecule has 0 aliphatic carbocycles. The lowest BCUT2D eigenvalue weighted by Crippen LogP contribution is -2.29. The minimum atomic E-state index is -4.62. The number of rotatable bonds is 13. The van der Waals surface area contributed by atoms with Crippen LogP contribution in [0.25, 0.3) is 0 Å². The second-order valence-electron chi connectivity index (χ2n) is 11.1. The summed E-state index contributed by atoms with van der Waals surface area (Å²) >= 11 is 5.76. The van der Waals surface area contributed by atoms with Crippen LogP contribution in [0.4, 0.5) is 32.0 Å². The first-order valence-electron chi connectivity index (χ1n) is 15.6. The Morgan fingerprint density at radius 3 is 2.02 bits per heavy atom. The van der Waals surface area contributed by atoms with Crippen LogP contribution in [-0.4, -0.2) is 49.2 Å². The van der Waals surface area contributed by atoms with E-state index in [9.17, 15) is 54.5 Å². The Morgan fingerprint density at radius 2 is 1.49 bits per heavy atom. The average Bonchev–Trinajstić information content (AvgIpc) is 3.09. The van der Waals surface area contributed by atoms with Crippen molar-refractivity contribution in [3.63, 3.8) is 0 Å². The quantitative estimate of drug-likeness (QED) is 0.0449. The number of unbranched alkanes of at least 4 members (excludes halogenated alkanes) is 1. The number of hydrogen-bond acceptors (Lipinski definition) is 11. The summed E-state index contributed by atoms with van der Waals surface area (Å²) in [6.45, 7) is 3.94. The van der Waals surface area contributed by atoms with Crippen molar-refractivity contribution in [2.24, 2.45) is 0 Å². The van der Waals surface area contributed by atoms with Crippen molar-refractivity contribution in [2.75, 3.05) is 12.9 Å². The molecule has 3 aromatic carbocycles. The van der Waals surface area contributed by atoms with E-state index in [0.29, 0.717) is 42.7 Å². The van der Waals surface area contributed by atoms with Gasteiger partial charge < -0.3 is 18.9 Å². The molecule has 1 N–H and O–H groups in total. The standard InChI is InChI=1S/C19H20F3NO4.C15H10ClF3N2O6S/c1-3-4-11-25-18(24)13(2)26-15-6-8-16(9-7-15)27-17-10-5-14(12-23-17)19(20,21)22;1-28(25,26)20-14(22)10-7-9(3-4-12(10)21(23)24)27-13-5-2-8(6-11(13)16)15(17,18)19/h5-10,12-13H,3-4,11H2,1-2H3;2-7H,1H3,(H,20,22)/t13-;/m1./s1. The number of nitrogens with zero attached hydrogens (tertiary/aromatic N) is 2. The first-order valence-corrected chi connectivity index (χ1v) is 17.8. The number of hydrogen-bond donors (Lipinski definition) is 1. The zero-order chi connectivity index (χ0) is 41.1. The van der Waals surface area contributed by atoms with Gasteiger partial charge in [0, 0.05) is 24.4 Å². The van der Waals surface area contributed by atoms with Gasteiger partial charge in [-0.25, -0.2) is 22.9 Å². The summed E-state index contributed by atoms with van der Waals surface area (Å²) in [6, 6.07) is 13.4. The maximum atomic E-state index is 12.7. The molecule has 1 aromatic heterocycles. The third kappa shape index (κ3) is 13.9. The number of pyridine rings is 1. The minimum absolute atomic E-state index is 0.0320. The molecule has 4 aromatic rings. The molecule has 0 bridgehead atoms. The maximum absolute atomic E-state index is 12.7. The van der Waals surface area contributed by atoms with E-state index >= 15 is 0 Å². The molecule has 1 atom stereocenters. The molecule has 1 heterocycles. The number of halogens is 7. The van der Waals surface area contributed by atoms with Gasteiger partial charge in [-0.1, -0.05) is 24.9 Å². The highest BCUT2D eigenvalue weighted by molar-refractivity contribution is 7.89. The van der Waals surface area contributed by atoms with Crippen molar-refractivity contribution in [1.82, 2.24) is 9.71 Å². The molecular weight excluding hydrogens is 792 g/mol. The van der Waals surface area contributed by atoms with Crippen LogP contribution in [0, 0.1) is 10.1 Å². The number of aromatic nitrogens is 1. The van der Waals surface area contributed by atoms with Gasteiger partial charge in [0.15, 0.2) is 6.10 Å². The summed E-state index contributed by atoms with van der Waals surface area (Å²) in [5.41, 5.74) is -3.19. The molecule has 1 amide bonds. The Balaban J connectivity index is 0.000000296. The molecule has 0 spiro atoms. The molecule has 0 saturated carbocycles. The normalized spacial score (nSPS) is 12.0. The van der Waals surface area contributed by atoms with Crippen molar-refractivity contribution < 1.29 is 68.2 Å². The van der Waals surface area contributed by atoms with Crippen molar-refractivity contribution in [2.45, 2.75) is 45.1 Å². The van der Waals surface area contributed by atoms with Gasteiger partial charge in [0.2, 0.25) is 15.9 Å². The number of carbonyl (C=O) groups excluding carboxylic acids is 2. The first kappa shape index (κ1) is 43.8. The van der Waals surface area contributed by atoms with Crippen molar-refractivity contribution in [3.8, 4) is 28.9 Å². The number of sulfonamides is 1. The highest BCUT2D eigenvalue weighted by Crippen LogP contribution is 2.37. The summed E-state index contributed by atoms with van der Waals surface area (Å²) in [5.74, 6) is -1.29. The van der Waals surface area contributed by atoms with Crippen LogP contribution in [0.1, 0.15) is 48.2 Å². The number of ether oxygens (including phenoxy) is 4. The fourth-order valence-electron chi connectivity index (χ4n) is 4.03. The molecule has 0 aliphatic rings. The summed E-state index contributed by atoms with van der Waals surface area (Å²) in [7, 11) is -4.00. The Hall–Kier alpha value is -5.63. The topological polar surface area (TPSA) is 173 Å². The predicted octanol–water partition coefficient (Wildman–Crippen LogP) is 8.75. The van der Waals surface area contributed by atoms with E-state index in [0.717, 1.165) is 49.2 Å². The second-order valence-corrected chi connectivity index (χ2v) is 13.3. The number of nitro benzene ring substituents is 1. The second kappa shape index (κ2) is 18.6. The summed E-state index contributed by atoms with van der Waals surface area (Å²) in [4.78, 5) is 37.6. The number of amides is 1. The van der Waals surface area contributed by atoms with E-state index in [4.69, 9.17) is 30.5 Å². The van der Waals surface area contributed by atoms with Crippen LogP contribution < -0.4 is 18.9 Å². The van der Waals surface area contributed by atoms with Crippen molar-refractivity contribution in [1.29, 1.82) is 0 Å². The fourth-order valence-corrected chi connectivity index (χ4v) is 4.70. The Labute approximate surface area is 314 Å². The molecule has 0 radical (unpaired) electrons. The lowest BCUT2D eigenvalue weighted by molar-refractivity contribution is -0.385. The van der Waals surface area contributed by atoms with E-state index in [-0.39, 0.29) is 17.4 Å².